The Morgan fingerprint density at radius 1 is 1.57 bits per heavy atom. The fraction of sp³-hybridized carbons (Fsp3) is 0.462. The van der Waals surface area contributed by atoms with E-state index in [0.717, 1.165) is 0 Å². The number of aromatic nitrogens is 2. The maximum Gasteiger partial charge on any atom is 0.322 e. The Labute approximate surface area is 126 Å². The summed E-state index contributed by atoms with van der Waals surface area (Å²) < 4.78 is 15.1. The number of nitrogens with two attached hydrogens (primary N) is 1. The van der Waals surface area contributed by atoms with Crippen molar-refractivity contribution < 1.29 is 18.5 Å². The Balaban J connectivity index is 1.71. The van der Waals surface area contributed by atoms with Crippen LogP contribution in [0.3, 0.4) is 0 Å². The van der Waals surface area contributed by atoms with Crippen LogP contribution < -0.4 is 5.73 Å². The lowest BCUT2D eigenvalue weighted by Crippen LogP contribution is -2.32. The molecule has 0 amide bonds. The van der Waals surface area contributed by atoms with Gasteiger partial charge in [0.1, 0.15) is 6.04 Å². The van der Waals surface area contributed by atoms with Crippen LogP contribution in [0.15, 0.2) is 27.3 Å². The zero-order valence-corrected chi connectivity index (χ0v) is 12.5. The standard InChI is InChI=1S/C13H17N3O4S/c1-2-18-13(17)9(14)5-7-21-8-11-15-12(20-16-11)10-4-3-6-19-10/h3-4,6,9H,2,5,7-8,14H2,1H3. The van der Waals surface area contributed by atoms with E-state index in [9.17, 15) is 4.79 Å². The molecule has 0 aliphatic heterocycles. The molecule has 114 valence electrons. The molecular formula is C13H17N3O4S. The van der Waals surface area contributed by atoms with Crippen LogP contribution in [0.4, 0.5) is 0 Å². The van der Waals surface area contributed by atoms with Gasteiger partial charge < -0.3 is 19.4 Å². The minimum absolute atomic E-state index is 0.345. The molecule has 0 fully saturated rings. The zero-order chi connectivity index (χ0) is 15.1. The van der Waals surface area contributed by atoms with Crippen LogP contribution >= 0.6 is 11.8 Å². The maximum atomic E-state index is 11.3. The summed E-state index contributed by atoms with van der Waals surface area (Å²) in [5.41, 5.74) is 5.70. The highest BCUT2D eigenvalue weighted by molar-refractivity contribution is 7.98. The molecule has 0 aromatic carbocycles. The molecule has 0 saturated heterocycles. The number of carbonyl (C=O) groups is 1. The summed E-state index contributed by atoms with van der Waals surface area (Å²) >= 11 is 1.58. The lowest BCUT2D eigenvalue weighted by atomic mass is 10.2. The van der Waals surface area contributed by atoms with E-state index < -0.39 is 6.04 Å². The first-order chi connectivity index (χ1) is 10.2. The molecule has 2 aromatic rings. The third-order valence-electron chi connectivity index (χ3n) is 2.59. The van der Waals surface area contributed by atoms with Crippen molar-refractivity contribution in [1.82, 2.24) is 10.1 Å². The van der Waals surface area contributed by atoms with E-state index in [1.54, 1.807) is 37.1 Å². The second kappa shape index (κ2) is 7.84. The normalized spacial score (nSPS) is 12.3. The highest BCUT2D eigenvalue weighted by Gasteiger charge is 2.15. The van der Waals surface area contributed by atoms with Crippen LogP contribution in [-0.4, -0.2) is 34.5 Å². The number of furan rings is 1. The monoisotopic (exact) mass is 311 g/mol. The molecule has 2 rings (SSSR count). The van der Waals surface area contributed by atoms with Crippen LogP contribution in [0.1, 0.15) is 19.2 Å². The molecule has 1 unspecified atom stereocenters. The van der Waals surface area contributed by atoms with Crippen molar-refractivity contribution in [3.63, 3.8) is 0 Å². The summed E-state index contributed by atoms with van der Waals surface area (Å²) in [6.45, 7) is 2.10. The van der Waals surface area contributed by atoms with Crippen molar-refractivity contribution in [2.45, 2.75) is 25.1 Å². The van der Waals surface area contributed by atoms with E-state index in [1.165, 1.54) is 0 Å². The Morgan fingerprint density at radius 3 is 3.14 bits per heavy atom. The zero-order valence-electron chi connectivity index (χ0n) is 11.7. The number of nitrogens with zero attached hydrogens (tertiary/aromatic N) is 2. The number of ether oxygens (including phenoxy) is 1. The quantitative estimate of drug-likeness (QED) is 0.581. The topological polar surface area (TPSA) is 104 Å². The van der Waals surface area contributed by atoms with Crippen molar-refractivity contribution in [3.05, 3.63) is 24.2 Å². The van der Waals surface area contributed by atoms with E-state index in [0.29, 0.717) is 42.0 Å². The van der Waals surface area contributed by atoms with Gasteiger partial charge in [-0.15, -0.1) is 0 Å². The van der Waals surface area contributed by atoms with Crippen LogP contribution in [-0.2, 0) is 15.3 Å². The summed E-state index contributed by atoms with van der Waals surface area (Å²) in [6, 6.07) is 2.93. The van der Waals surface area contributed by atoms with Crippen molar-refractivity contribution in [3.8, 4) is 11.7 Å². The second-order valence-electron chi connectivity index (χ2n) is 4.19. The summed E-state index contributed by atoms with van der Waals surface area (Å²) in [5, 5.41) is 3.86. The molecule has 0 aliphatic rings. The number of hydrogen-bond donors (Lipinski definition) is 1. The lowest BCUT2D eigenvalue weighted by molar-refractivity contribution is -0.144. The molecule has 0 saturated carbocycles. The number of rotatable bonds is 8. The summed E-state index contributed by atoms with van der Waals surface area (Å²) in [4.78, 5) is 15.6. The number of esters is 1. The van der Waals surface area contributed by atoms with Gasteiger partial charge in [-0.1, -0.05) is 5.16 Å². The first-order valence-electron chi connectivity index (χ1n) is 6.57. The van der Waals surface area contributed by atoms with Gasteiger partial charge in [0.05, 0.1) is 18.6 Å². The second-order valence-corrected chi connectivity index (χ2v) is 5.30. The van der Waals surface area contributed by atoms with Crippen LogP contribution in [0, 0.1) is 0 Å². The van der Waals surface area contributed by atoms with Gasteiger partial charge in [-0.25, -0.2) is 0 Å². The van der Waals surface area contributed by atoms with Crippen molar-refractivity contribution in [2.24, 2.45) is 5.73 Å². The third-order valence-corrected chi connectivity index (χ3v) is 3.58. The highest BCUT2D eigenvalue weighted by Crippen LogP contribution is 2.19. The minimum atomic E-state index is -0.582. The molecule has 0 aliphatic carbocycles. The first-order valence-corrected chi connectivity index (χ1v) is 7.72. The molecule has 7 nitrogen and oxygen atoms in total. The molecule has 2 N–H and O–H groups in total. The molecule has 1 atom stereocenters. The van der Waals surface area contributed by atoms with E-state index in [1.807, 2.05) is 0 Å². The van der Waals surface area contributed by atoms with E-state index >= 15 is 0 Å². The van der Waals surface area contributed by atoms with E-state index in [-0.39, 0.29) is 5.97 Å². The predicted octanol–water partition coefficient (Wildman–Crippen LogP) is 1.84. The van der Waals surface area contributed by atoms with Gasteiger partial charge in [0.25, 0.3) is 5.89 Å². The number of thioether (sulfide) groups is 1. The van der Waals surface area contributed by atoms with Gasteiger partial charge in [-0.05, 0) is 31.2 Å². The SMILES string of the molecule is CCOC(=O)C(N)CCSCc1noc(-c2ccco2)n1. The summed E-state index contributed by atoms with van der Waals surface area (Å²) in [7, 11) is 0. The summed E-state index contributed by atoms with van der Waals surface area (Å²) in [5.74, 6) is 2.42. The van der Waals surface area contributed by atoms with Crippen molar-refractivity contribution >= 4 is 17.7 Å². The number of carbonyl (C=O) groups excluding carboxylic acids is 1. The molecule has 0 radical (unpaired) electrons. The highest BCUT2D eigenvalue weighted by atomic mass is 32.2. The smallest absolute Gasteiger partial charge is 0.322 e. The minimum Gasteiger partial charge on any atom is -0.465 e. The van der Waals surface area contributed by atoms with Gasteiger partial charge in [0, 0.05) is 0 Å². The Morgan fingerprint density at radius 2 is 2.43 bits per heavy atom. The van der Waals surface area contributed by atoms with Gasteiger partial charge in [-0.3, -0.25) is 4.79 Å². The predicted molar refractivity (Wildman–Crippen MR) is 77.4 cm³/mol. The molecule has 8 heteroatoms. The maximum absolute atomic E-state index is 11.3. The molecule has 2 aromatic heterocycles. The average molecular weight is 311 g/mol. The van der Waals surface area contributed by atoms with Crippen molar-refractivity contribution in [1.29, 1.82) is 0 Å². The average Bonchev–Trinajstić information content (AvgIpc) is 3.14. The Hall–Kier alpha value is -1.80. The van der Waals surface area contributed by atoms with E-state index in [2.05, 4.69) is 10.1 Å². The molecule has 2 heterocycles. The van der Waals surface area contributed by atoms with Crippen LogP contribution in [0.5, 0.6) is 0 Å². The van der Waals surface area contributed by atoms with Crippen molar-refractivity contribution in [2.75, 3.05) is 12.4 Å². The lowest BCUT2D eigenvalue weighted by Gasteiger charge is -2.09. The summed E-state index contributed by atoms with van der Waals surface area (Å²) in [6.07, 6.45) is 2.09. The van der Waals surface area contributed by atoms with Crippen LogP contribution in [0.25, 0.3) is 11.7 Å². The Kier molecular flexibility index (Phi) is 5.82. The molecule has 0 spiro atoms. The van der Waals surface area contributed by atoms with E-state index in [4.69, 9.17) is 19.4 Å². The molecular weight excluding hydrogens is 294 g/mol. The van der Waals surface area contributed by atoms with Gasteiger partial charge in [0.15, 0.2) is 11.6 Å². The fourth-order valence-electron chi connectivity index (χ4n) is 1.55. The van der Waals surface area contributed by atoms with Crippen LogP contribution in [0.2, 0.25) is 0 Å². The molecule has 21 heavy (non-hydrogen) atoms. The Bertz CT molecular complexity index is 556. The largest absolute Gasteiger partial charge is 0.465 e. The first kappa shape index (κ1) is 15.6. The van der Waals surface area contributed by atoms with Gasteiger partial charge >= 0.3 is 5.97 Å². The van der Waals surface area contributed by atoms with Gasteiger partial charge in [0.2, 0.25) is 0 Å². The third kappa shape index (κ3) is 4.61. The fourth-order valence-corrected chi connectivity index (χ4v) is 2.42. The molecule has 0 bridgehead atoms. The van der Waals surface area contributed by atoms with Gasteiger partial charge in [-0.2, -0.15) is 16.7 Å². The number of hydrogen-bond acceptors (Lipinski definition) is 8.